The molecule has 1 aromatic heterocycles. The third kappa shape index (κ3) is 2.55. The maximum absolute atomic E-state index is 3.51. The van der Waals surface area contributed by atoms with E-state index in [-0.39, 0.29) is 0 Å². The zero-order chi connectivity index (χ0) is 13.9. The van der Waals surface area contributed by atoms with E-state index in [1.807, 2.05) is 0 Å². The molecule has 3 aromatic rings. The number of aromatic nitrogens is 1. The van der Waals surface area contributed by atoms with Gasteiger partial charge in [-0.1, -0.05) is 44.2 Å². The molecule has 0 aliphatic rings. The van der Waals surface area contributed by atoms with Crippen LogP contribution in [0.25, 0.3) is 10.9 Å². The van der Waals surface area contributed by atoms with Gasteiger partial charge in [0, 0.05) is 29.3 Å². The second-order valence-electron chi connectivity index (χ2n) is 5.49. The highest BCUT2D eigenvalue weighted by atomic mass is 14.9. The summed E-state index contributed by atoms with van der Waals surface area (Å²) < 4.78 is 0. The molecule has 1 heterocycles. The summed E-state index contributed by atoms with van der Waals surface area (Å²) in [4.78, 5) is 3.31. The first kappa shape index (κ1) is 12.8. The molecule has 0 spiro atoms. The first-order chi connectivity index (χ1) is 9.74. The van der Waals surface area contributed by atoms with Crippen LogP contribution in [0.1, 0.15) is 30.9 Å². The summed E-state index contributed by atoms with van der Waals surface area (Å²) in [5.74, 6) is 0.560. The Morgan fingerprint density at radius 1 is 1.05 bits per heavy atom. The fourth-order valence-electron chi connectivity index (χ4n) is 2.48. The van der Waals surface area contributed by atoms with Crippen molar-refractivity contribution in [3.63, 3.8) is 0 Å². The van der Waals surface area contributed by atoms with Crippen LogP contribution < -0.4 is 5.32 Å². The number of para-hydroxylation sites is 1. The molecule has 0 saturated carbocycles. The molecule has 2 aromatic carbocycles. The summed E-state index contributed by atoms with van der Waals surface area (Å²) in [6, 6.07) is 17.1. The normalized spacial score (nSPS) is 11.2. The van der Waals surface area contributed by atoms with Crippen LogP contribution >= 0.6 is 0 Å². The number of nitrogens with one attached hydrogen (secondary N) is 2. The minimum atomic E-state index is 0.560. The van der Waals surface area contributed by atoms with Crippen molar-refractivity contribution in [3.05, 3.63) is 65.9 Å². The first-order valence-electron chi connectivity index (χ1n) is 7.13. The van der Waals surface area contributed by atoms with Gasteiger partial charge in [-0.15, -0.1) is 0 Å². The molecule has 0 unspecified atom stereocenters. The van der Waals surface area contributed by atoms with Crippen molar-refractivity contribution in [2.75, 3.05) is 5.32 Å². The van der Waals surface area contributed by atoms with E-state index in [9.17, 15) is 0 Å². The summed E-state index contributed by atoms with van der Waals surface area (Å²) >= 11 is 0. The number of aromatic amines is 1. The first-order valence-corrected chi connectivity index (χ1v) is 7.13. The van der Waals surface area contributed by atoms with E-state index >= 15 is 0 Å². The Labute approximate surface area is 119 Å². The number of fused-ring (bicyclic) bond motifs is 1. The van der Waals surface area contributed by atoms with Gasteiger partial charge in [0.25, 0.3) is 0 Å². The molecule has 0 saturated heterocycles. The van der Waals surface area contributed by atoms with Crippen LogP contribution in [0.4, 0.5) is 5.69 Å². The molecule has 20 heavy (non-hydrogen) atoms. The molecule has 0 radical (unpaired) electrons. The van der Waals surface area contributed by atoms with E-state index in [0.29, 0.717) is 5.92 Å². The Morgan fingerprint density at radius 2 is 1.90 bits per heavy atom. The van der Waals surface area contributed by atoms with Gasteiger partial charge in [0.05, 0.1) is 0 Å². The Hall–Kier alpha value is -2.22. The zero-order valence-electron chi connectivity index (χ0n) is 12.0. The highest BCUT2D eigenvalue weighted by Crippen LogP contribution is 2.21. The fraction of sp³-hybridized carbons (Fsp3) is 0.222. The molecule has 2 N–H and O–H groups in total. The number of rotatable bonds is 4. The van der Waals surface area contributed by atoms with Crippen molar-refractivity contribution in [3.8, 4) is 0 Å². The quantitative estimate of drug-likeness (QED) is 0.689. The molecule has 2 nitrogen and oxygen atoms in total. The molecule has 0 atom stereocenters. The highest BCUT2D eigenvalue weighted by molar-refractivity contribution is 5.83. The molecule has 0 aliphatic carbocycles. The summed E-state index contributed by atoms with van der Waals surface area (Å²) in [7, 11) is 0. The maximum Gasteiger partial charge on any atom is 0.0457 e. The van der Waals surface area contributed by atoms with E-state index in [0.717, 1.165) is 6.54 Å². The van der Waals surface area contributed by atoms with Gasteiger partial charge in [-0.2, -0.15) is 0 Å². The van der Waals surface area contributed by atoms with Crippen LogP contribution in [0.15, 0.2) is 54.7 Å². The van der Waals surface area contributed by atoms with Gasteiger partial charge in [0.15, 0.2) is 0 Å². The van der Waals surface area contributed by atoms with Gasteiger partial charge in [-0.25, -0.2) is 0 Å². The topological polar surface area (TPSA) is 27.8 Å². The lowest BCUT2D eigenvalue weighted by atomic mass is 10.0. The molecule has 0 fully saturated rings. The van der Waals surface area contributed by atoms with Crippen molar-refractivity contribution in [2.45, 2.75) is 26.3 Å². The van der Waals surface area contributed by atoms with E-state index in [2.05, 4.69) is 78.9 Å². The smallest absolute Gasteiger partial charge is 0.0457 e. The van der Waals surface area contributed by atoms with Gasteiger partial charge in [0.2, 0.25) is 0 Å². The van der Waals surface area contributed by atoms with Crippen molar-refractivity contribution in [2.24, 2.45) is 0 Å². The Kier molecular flexibility index (Phi) is 3.46. The summed E-state index contributed by atoms with van der Waals surface area (Å²) in [6.07, 6.45) is 2.09. The average Bonchev–Trinajstić information content (AvgIpc) is 2.89. The summed E-state index contributed by atoms with van der Waals surface area (Å²) in [5.41, 5.74) is 5.05. The second-order valence-corrected chi connectivity index (χ2v) is 5.49. The number of H-pyrrole nitrogens is 1. The molecular formula is C18H20N2. The third-order valence-electron chi connectivity index (χ3n) is 3.71. The Morgan fingerprint density at radius 3 is 2.75 bits per heavy atom. The average molecular weight is 264 g/mol. The lowest BCUT2D eigenvalue weighted by Crippen LogP contribution is -1.99. The molecule has 0 bridgehead atoms. The molecule has 0 aliphatic heterocycles. The predicted molar refractivity (Wildman–Crippen MR) is 86.2 cm³/mol. The van der Waals surface area contributed by atoms with Crippen LogP contribution in [0.3, 0.4) is 0 Å². The van der Waals surface area contributed by atoms with E-state index in [1.165, 1.54) is 27.7 Å². The number of benzene rings is 2. The van der Waals surface area contributed by atoms with Gasteiger partial charge < -0.3 is 10.3 Å². The Bertz CT molecular complexity index is 710. The molecule has 0 amide bonds. The van der Waals surface area contributed by atoms with Crippen LogP contribution in [-0.2, 0) is 6.54 Å². The van der Waals surface area contributed by atoms with Crippen molar-refractivity contribution in [1.82, 2.24) is 4.98 Å². The number of hydrogen-bond acceptors (Lipinski definition) is 1. The summed E-state index contributed by atoms with van der Waals surface area (Å²) in [5, 5.41) is 4.81. The van der Waals surface area contributed by atoms with Crippen LogP contribution in [0, 0.1) is 0 Å². The maximum atomic E-state index is 3.51. The number of hydrogen-bond donors (Lipinski definition) is 2. The SMILES string of the molecule is CC(C)c1cccc(NCc2c[nH]c3ccccc23)c1. The van der Waals surface area contributed by atoms with Gasteiger partial charge in [0.1, 0.15) is 0 Å². The molecular weight excluding hydrogens is 244 g/mol. The zero-order valence-corrected chi connectivity index (χ0v) is 12.0. The van der Waals surface area contributed by atoms with E-state index in [1.54, 1.807) is 0 Å². The van der Waals surface area contributed by atoms with Crippen molar-refractivity contribution >= 4 is 16.6 Å². The monoisotopic (exact) mass is 264 g/mol. The molecule has 2 heteroatoms. The minimum Gasteiger partial charge on any atom is -0.381 e. The van der Waals surface area contributed by atoms with Gasteiger partial charge in [-0.05, 0) is 35.2 Å². The largest absolute Gasteiger partial charge is 0.381 e. The molecule has 3 rings (SSSR count). The van der Waals surface area contributed by atoms with Gasteiger partial charge in [-0.3, -0.25) is 0 Å². The van der Waals surface area contributed by atoms with Crippen LogP contribution in [-0.4, -0.2) is 4.98 Å². The lowest BCUT2D eigenvalue weighted by Gasteiger charge is -2.10. The van der Waals surface area contributed by atoms with E-state index < -0.39 is 0 Å². The van der Waals surface area contributed by atoms with Crippen molar-refractivity contribution in [1.29, 1.82) is 0 Å². The lowest BCUT2D eigenvalue weighted by molar-refractivity contribution is 0.866. The predicted octanol–water partition coefficient (Wildman–Crippen LogP) is 4.90. The number of anilines is 1. The minimum absolute atomic E-state index is 0.560. The van der Waals surface area contributed by atoms with Crippen molar-refractivity contribution < 1.29 is 0 Å². The fourth-order valence-corrected chi connectivity index (χ4v) is 2.48. The van der Waals surface area contributed by atoms with Crippen LogP contribution in [0.2, 0.25) is 0 Å². The van der Waals surface area contributed by atoms with E-state index in [4.69, 9.17) is 0 Å². The second kappa shape index (κ2) is 5.41. The standard InChI is InChI=1S/C18H20N2/c1-13(2)14-6-5-7-16(10-14)19-11-15-12-20-18-9-4-3-8-17(15)18/h3-10,12-13,19-20H,11H2,1-2H3. The third-order valence-corrected chi connectivity index (χ3v) is 3.71. The Balaban J connectivity index is 1.78. The van der Waals surface area contributed by atoms with Gasteiger partial charge >= 0.3 is 0 Å². The highest BCUT2D eigenvalue weighted by Gasteiger charge is 2.03. The van der Waals surface area contributed by atoms with Crippen LogP contribution in [0.5, 0.6) is 0 Å². The summed E-state index contributed by atoms with van der Waals surface area (Å²) in [6.45, 7) is 5.28. The molecule has 102 valence electrons.